The summed E-state index contributed by atoms with van der Waals surface area (Å²) in [6.07, 6.45) is 0.204. The van der Waals surface area contributed by atoms with Crippen molar-refractivity contribution in [1.82, 2.24) is 4.98 Å². The van der Waals surface area contributed by atoms with E-state index in [2.05, 4.69) is 10.3 Å². The Balaban J connectivity index is 2.14. The van der Waals surface area contributed by atoms with Crippen molar-refractivity contribution in [2.75, 3.05) is 26.6 Å². The minimum absolute atomic E-state index is 0.103. The number of nitrogens with zero attached hydrogens (tertiary/aromatic N) is 1. The van der Waals surface area contributed by atoms with Crippen LogP contribution >= 0.6 is 23.2 Å². The molecule has 1 atom stereocenters. The number of ether oxygens (including phenoxy) is 4. The summed E-state index contributed by atoms with van der Waals surface area (Å²) in [4.78, 5) is 28.6. The number of benzene rings is 1. The quantitative estimate of drug-likeness (QED) is 0.672. The molecule has 0 aliphatic carbocycles. The van der Waals surface area contributed by atoms with Gasteiger partial charge < -0.3 is 24.3 Å². The van der Waals surface area contributed by atoms with Gasteiger partial charge in [0, 0.05) is 6.20 Å². The minimum Gasteiger partial charge on any atom is -0.493 e. The fourth-order valence-electron chi connectivity index (χ4n) is 2.21. The summed E-state index contributed by atoms with van der Waals surface area (Å²) in [6, 6.07) is 4.27. The normalized spacial score (nSPS) is 11.4. The number of pyridine rings is 1. The molecule has 1 aromatic carbocycles. The van der Waals surface area contributed by atoms with Crippen LogP contribution in [0.25, 0.3) is 0 Å². The second-order valence-electron chi connectivity index (χ2n) is 5.43. The third-order valence-electron chi connectivity index (χ3n) is 3.60. The van der Waals surface area contributed by atoms with Crippen molar-refractivity contribution in [2.45, 2.75) is 13.0 Å². The van der Waals surface area contributed by atoms with Crippen LogP contribution in [0.1, 0.15) is 17.3 Å². The van der Waals surface area contributed by atoms with E-state index in [1.807, 2.05) is 0 Å². The first-order valence-electron chi connectivity index (χ1n) is 7.93. The lowest BCUT2D eigenvalue weighted by molar-refractivity contribution is -0.123. The summed E-state index contributed by atoms with van der Waals surface area (Å²) in [5, 5.41) is 2.95. The van der Waals surface area contributed by atoms with Gasteiger partial charge >= 0.3 is 5.97 Å². The molecule has 150 valence electrons. The molecule has 0 aliphatic rings. The van der Waals surface area contributed by atoms with Crippen molar-refractivity contribution >= 4 is 40.9 Å². The number of amides is 1. The molecule has 0 bridgehead atoms. The van der Waals surface area contributed by atoms with Gasteiger partial charge in [-0.1, -0.05) is 23.2 Å². The number of aromatic nitrogens is 1. The van der Waals surface area contributed by atoms with Gasteiger partial charge in [0.2, 0.25) is 5.75 Å². The van der Waals surface area contributed by atoms with E-state index in [1.54, 1.807) is 0 Å². The van der Waals surface area contributed by atoms with E-state index in [4.69, 9.17) is 42.1 Å². The topological polar surface area (TPSA) is 96.0 Å². The van der Waals surface area contributed by atoms with Crippen molar-refractivity contribution < 1.29 is 28.5 Å². The Bertz CT molecular complexity index is 865. The first-order valence-corrected chi connectivity index (χ1v) is 8.69. The van der Waals surface area contributed by atoms with Crippen LogP contribution in [0.2, 0.25) is 10.0 Å². The van der Waals surface area contributed by atoms with Gasteiger partial charge in [-0.05, 0) is 25.1 Å². The Morgan fingerprint density at radius 2 is 1.64 bits per heavy atom. The van der Waals surface area contributed by atoms with Crippen molar-refractivity contribution in [3.8, 4) is 17.2 Å². The molecule has 2 rings (SSSR count). The van der Waals surface area contributed by atoms with Crippen molar-refractivity contribution in [3.05, 3.63) is 40.0 Å². The predicted molar refractivity (Wildman–Crippen MR) is 104 cm³/mol. The van der Waals surface area contributed by atoms with Crippen molar-refractivity contribution in [1.29, 1.82) is 0 Å². The zero-order valence-electron chi connectivity index (χ0n) is 15.5. The summed E-state index contributed by atoms with van der Waals surface area (Å²) >= 11 is 11.7. The average Bonchev–Trinajstić information content (AvgIpc) is 2.68. The lowest BCUT2D eigenvalue weighted by Crippen LogP contribution is -2.30. The molecule has 1 heterocycles. The Morgan fingerprint density at radius 1 is 1.04 bits per heavy atom. The highest BCUT2D eigenvalue weighted by Crippen LogP contribution is 2.38. The molecule has 0 aliphatic heterocycles. The van der Waals surface area contributed by atoms with Crippen LogP contribution < -0.4 is 19.5 Å². The molecule has 28 heavy (non-hydrogen) atoms. The Labute approximate surface area is 171 Å². The molecule has 1 unspecified atom stereocenters. The number of hydrogen-bond donors (Lipinski definition) is 1. The molecule has 0 radical (unpaired) electrons. The summed E-state index contributed by atoms with van der Waals surface area (Å²) in [5.74, 6) is -0.372. The number of esters is 1. The van der Waals surface area contributed by atoms with E-state index in [0.29, 0.717) is 10.8 Å². The highest BCUT2D eigenvalue weighted by Gasteiger charge is 2.23. The molecule has 10 heteroatoms. The zero-order chi connectivity index (χ0) is 20.8. The highest BCUT2D eigenvalue weighted by molar-refractivity contribution is 6.36. The smallest absolute Gasteiger partial charge is 0.339 e. The lowest BCUT2D eigenvalue weighted by Gasteiger charge is -2.16. The van der Waals surface area contributed by atoms with Crippen LogP contribution in [0, 0.1) is 0 Å². The average molecular weight is 429 g/mol. The van der Waals surface area contributed by atoms with Gasteiger partial charge in [0.05, 0.1) is 36.9 Å². The molecule has 1 N–H and O–H groups in total. The third kappa shape index (κ3) is 4.96. The molecule has 0 spiro atoms. The van der Waals surface area contributed by atoms with Gasteiger partial charge in [0.25, 0.3) is 5.91 Å². The maximum Gasteiger partial charge on any atom is 0.339 e. The number of carbonyl (C=O) groups is 2. The number of nitrogens with one attached hydrogen (secondary N) is 1. The maximum atomic E-state index is 12.4. The van der Waals surface area contributed by atoms with Gasteiger partial charge in [-0.15, -0.1) is 0 Å². The molecular formula is C18H18Cl2N2O6. The summed E-state index contributed by atoms with van der Waals surface area (Å²) < 4.78 is 20.8. The number of hydrogen-bond acceptors (Lipinski definition) is 7. The lowest BCUT2D eigenvalue weighted by atomic mass is 10.2. The fourth-order valence-corrected chi connectivity index (χ4v) is 2.63. The predicted octanol–water partition coefficient (Wildman–Crippen LogP) is 3.60. The molecule has 1 aromatic heterocycles. The second kappa shape index (κ2) is 9.48. The van der Waals surface area contributed by atoms with E-state index < -0.39 is 18.0 Å². The van der Waals surface area contributed by atoms with Crippen LogP contribution in [0.3, 0.4) is 0 Å². The van der Waals surface area contributed by atoms with Crippen LogP contribution in [-0.2, 0) is 9.53 Å². The Kier molecular flexibility index (Phi) is 7.31. The van der Waals surface area contributed by atoms with E-state index in [-0.39, 0.29) is 27.9 Å². The molecule has 8 nitrogen and oxygen atoms in total. The molecular weight excluding hydrogens is 411 g/mol. The van der Waals surface area contributed by atoms with Crippen LogP contribution in [0.15, 0.2) is 24.4 Å². The first-order chi connectivity index (χ1) is 13.3. The minimum atomic E-state index is -1.12. The monoisotopic (exact) mass is 428 g/mol. The van der Waals surface area contributed by atoms with Crippen LogP contribution in [0.5, 0.6) is 17.2 Å². The molecule has 1 amide bonds. The first kappa shape index (κ1) is 21.6. The van der Waals surface area contributed by atoms with Crippen molar-refractivity contribution in [3.63, 3.8) is 0 Å². The van der Waals surface area contributed by atoms with Crippen LogP contribution in [-0.4, -0.2) is 44.3 Å². The number of carbonyl (C=O) groups excluding carboxylic acids is 2. The third-order valence-corrected chi connectivity index (χ3v) is 4.10. The number of halogens is 2. The molecule has 0 saturated heterocycles. The second-order valence-corrected chi connectivity index (χ2v) is 6.28. The number of rotatable bonds is 7. The Morgan fingerprint density at radius 3 is 2.14 bits per heavy atom. The van der Waals surface area contributed by atoms with Gasteiger partial charge in [0.15, 0.2) is 23.4 Å². The largest absolute Gasteiger partial charge is 0.493 e. The SMILES string of the molecule is COc1cc(C(=O)OC(C)C(=O)Nc2ncc(Cl)cc2Cl)cc(OC)c1OC. The fraction of sp³-hybridized carbons (Fsp3) is 0.278. The van der Waals surface area contributed by atoms with Gasteiger partial charge in [-0.2, -0.15) is 0 Å². The standard InChI is InChI=1S/C18H18Cl2N2O6/c1-9(17(23)22-16-12(20)7-11(19)8-21-16)28-18(24)10-5-13(25-2)15(27-4)14(6-10)26-3/h5-9H,1-4H3,(H,21,22,23). The zero-order valence-corrected chi connectivity index (χ0v) is 17.1. The summed E-state index contributed by atoms with van der Waals surface area (Å²) in [5.41, 5.74) is 0.122. The number of methoxy groups -OCH3 is 3. The van der Waals surface area contributed by atoms with Crippen molar-refractivity contribution in [2.24, 2.45) is 0 Å². The molecule has 0 fully saturated rings. The summed E-state index contributed by atoms with van der Waals surface area (Å²) in [7, 11) is 4.29. The maximum absolute atomic E-state index is 12.4. The number of anilines is 1. The van der Waals surface area contributed by atoms with Gasteiger partial charge in [-0.3, -0.25) is 4.79 Å². The van der Waals surface area contributed by atoms with E-state index >= 15 is 0 Å². The van der Waals surface area contributed by atoms with E-state index in [0.717, 1.165) is 0 Å². The van der Waals surface area contributed by atoms with Gasteiger partial charge in [0.1, 0.15) is 0 Å². The molecule has 2 aromatic rings. The van der Waals surface area contributed by atoms with E-state index in [1.165, 1.54) is 52.6 Å². The summed E-state index contributed by atoms with van der Waals surface area (Å²) in [6.45, 7) is 1.41. The van der Waals surface area contributed by atoms with E-state index in [9.17, 15) is 9.59 Å². The van der Waals surface area contributed by atoms with Crippen LogP contribution in [0.4, 0.5) is 5.82 Å². The van der Waals surface area contributed by atoms with Gasteiger partial charge in [-0.25, -0.2) is 9.78 Å². The Hall–Kier alpha value is -2.71. The highest BCUT2D eigenvalue weighted by atomic mass is 35.5. The molecule has 0 saturated carbocycles.